The Balaban J connectivity index is 1.88. The molecule has 0 saturated carbocycles. The second kappa shape index (κ2) is 12.8. The van der Waals surface area contributed by atoms with E-state index in [0.717, 1.165) is 5.56 Å². The van der Waals surface area contributed by atoms with Gasteiger partial charge in [-0.1, -0.05) is 24.3 Å². The van der Waals surface area contributed by atoms with E-state index in [0.29, 0.717) is 39.8 Å². The van der Waals surface area contributed by atoms with Crippen LogP contribution in [0.4, 0.5) is 11.4 Å². The lowest BCUT2D eigenvalue weighted by atomic mass is 10.1. The van der Waals surface area contributed by atoms with Crippen molar-refractivity contribution in [3.63, 3.8) is 0 Å². The van der Waals surface area contributed by atoms with Gasteiger partial charge in [0.25, 0.3) is 0 Å². The van der Waals surface area contributed by atoms with Crippen LogP contribution in [0.15, 0.2) is 54.6 Å². The Labute approximate surface area is 220 Å². The first kappa shape index (κ1) is 27.6. The summed E-state index contributed by atoms with van der Waals surface area (Å²) in [6.07, 6.45) is 6.51. The Hall–Kier alpha value is -4.99. The molecule has 0 radical (unpaired) electrons. The molecule has 1 amide bonds. The number of anilines is 1. The van der Waals surface area contributed by atoms with Gasteiger partial charge in [-0.15, -0.1) is 0 Å². The number of benzene rings is 3. The maximum Gasteiger partial charge on any atom is 0.310 e. The molecule has 3 rings (SSSR count). The molecule has 0 fully saturated rings. The van der Waals surface area contributed by atoms with Crippen molar-refractivity contribution in [3.05, 3.63) is 81.4 Å². The molecule has 0 atom stereocenters. The first-order valence-corrected chi connectivity index (χ1v) is 11.3. The summed E-state index contributed by atoms with van der Waals surface area (Å²) in [4.78, 5) is 23.3. The predicted molar refractivity (Wildman–Crippen MR) is 145 cm³/mol. The summed E-state index contributed by atoms with van der Waals surface area (Å²) < 4.78 is 26.7. The lowest BCUT2D eigenvalue weighted by Gasteiger charge is -2.13. The third-order valence-corrected chi connectivity index (χ3v) is 5.50. The molecular weight excluding hydrogens is 492 g/mol. The monoisotopic (exact) mass is 520 g/mol. The molecule has 0 bridgehead atoms. The molecule has 0 unspecified atom stereocenters. The summed E-state index contributed by atoms with van der Waals surface area (Å²) in [7, 11) is 7.48. The standard InChI is InChI=1S/C28H28N2O8/c1-34-22-8-6-7-20(12-9-19-16-24(36-3)28(38-5)25(17-19)37-4)27(22)29-26(31)14-11-18-10-13-21(30(32)33)23(15-18)35-2/h6-17H,1-5H3,(H,29,31)/b12-9+,14-11+. The maximum absolute atomic E-state index is 12.8. The van der Waals surface area contributed by atoms with E-state index in [1.165, 1.54) is 51.7 Å². The predicted octanol–water partition coefficient (Wildman–Crippen LogP) is 5.46. The quantitative estimate of drug-likeness (QED) is 0.153. The van der Waals surface area contributed by atoms with Crippen LogP contribution in [0.5, 0.6) is 28.7 Å². The van der Waals surface area contributed by atoms with Crippen molar-refractivity contribution in [1.82, 2.24) is 0 Å². The SMILES string of the molecule is COc1cc(/C=C/C(=O)Nc2c(/C=C/c3cc(OC)c(OC)c(OC)c3)cccc2OC)ccc1[N+](=O)[O-]. The van der Waals surface area contributed by atoms with Gasteiger partial charge in [0.1, 0.15) is 5.75 Å². The molecule has 0 aromatic heterocycles. The first-order valence-electron chi connectivity index (χ1n) is 11.3. The Kier molecular flexibility index (Phi) is 9.31. The molecule has 10 heteroatoms. The van der Waals surface area contributed by atoms with Crippen LogP contribution in [-0.4, -0.2) is 46.4 Å². The molecule has 198 valence electrons. The highest BCUT2D eigenvalue weighted by Crippen LogP contribution is 2.39. The Morgan fingerprint density at radius 1 is 0.763 bits per heavy atom. The van der Waals surface area contributed by atoms with Crippen molar-refractivity contribution >= 4 is 35.5 Å². The van der Waals surface area contributed by atoms with E-state index in [-0.39, 0.29) is 11.4 Å². The lowest BCUT2D eigenvalue weighted by Crippen LogP contribution is -2.10. The van der Waals surface area contributed by atoms with Gasteiger partial charge in [0, 0.05) is 17.7 Å². The van der Waals surface area contributed by atoms with Crippen LogP contribution in [-0.2, 0) is 4.79 Å². The van der Waals surface area contributed by atoms with E-state index in [9.17, 15) is 14.9 Å². The molecule has 0 aliphatic carbocycles. The number of nitrogens with one attached hydrogen (secondary N) is 1. The highest BCUT2D eigenvalue weighted by molar-refractivity contribution is 6.04. The fraction of sp³-hybridized carbons (Fsp3) is 0.179. The second-order valence-electron chi connectivity index (χ2n) is 7.73. The van der Waals surface area contributed by atoms with E-state index in [1.807, 2.05) is 24.3 Å². The minimum atomic E-state index is -0.534. The van der Waals surface area contributed by atoms with E-state index in [1.54, 1.807) is 32.4 Å². The number of carbonyl (C=O) groups excluding carboxylic acids is 1. The van der Waals surface area contributed by atoms with Gasteiger partial charge in [-0.2, -0.15) is 0 Å². The first-order chi connectivity index (χ1) is 18.3. The number of hydrogen-bond acceptors (Lipinski definition) is 8. The van der Waals surface area contributed by atoms with Crippen LogP contribution in [0.3, 0.4) is 0 Å². The number of para-hydroxylation sites is 1. The van der Waals surface area contributed by atoms with Crippen LogP contribution in [0.2, 0.25) is 0 Å². The third-order valence-electron chi connectivity index (χ3n) is 5.50. The van der Waals surface area contributed by atoms with Crippen LogP contribution in [0.25, 0.3) is 18.2 Å². The largest absolute Gasteiger partial charge is 0.495 e. The van der Waals surface area contributed by atoms with Crippen molar-refractivity contribution in [2.45, 2.75) is 0 Å². The van der Waals surface area contributed by atoms with Crippen molar-refractivity contribution in [2.75, 3.05) is 40.9 Å². The van der Waals surface area contributed by atoms with Crippen LogP contribution in [0.1, 0.15) is 16.7 Å². The molecule has 3 aromatic rings. The van der Waals surface area contributed by atoms with E-state index >= 15 is 0 Å². The Morgan fingerprint density at radius 2 is 1.39 bits per heavy atom. The summed E-state index contributed by atoms with van der Waals surface area (Å²) in [5.41, 5.74) is 2.34. The molecule has 38 heavy (non-hydrogen) atoms. The van der Waals surface area contributed by atoms with Gasteiger partial charge in [-0.3, -0.25) is 14.9 Å². The summed E-state index contributed by atoms with van der Waals surface area (Å²) in [5, 5.41) is 13.9. The van der Waals surface area contributed by atoms with Crippen molar-refractivity contribution in [1.29, 1.82) is 0 Å². The number of nitrogens with zero attached hydrogens (tertiary/aromatic N) is 1. The van der Waals surface area contributed by atoms with Crippen LogP contribution in [0, 0.1) is 10.1 Å². The third kappa shape index (κ3) is 6.41. The summed E-state index contributed by atoms with van der Waals surface area (Å²) >= 11 is 0. The van der Waals surface area contributed by atoms with Gasteiger partial charge >= 0.3 is 5.69 Å². The zero-order valence-corrected chi connectivity index (χ0v) is 21.6. The number of hydrogen-bond donors (Lipinski definition) is 1. The van der Waals surface area contributed by atoms with E-state index in [2.05, 4.69) is 5.32 Å². The van der Waals surface area contributed by atoms with Crippen molar-refractivity contribution in [3.8, 4) is 28.7 Å². The minimum Gasteiger partial charge on any atom is -0.495 e. The second-order valence-corrected chi connectivity index (χ2v) is 7.73. The number of amides is 1. The topological polar surface area (TPSA) is 118 Å². The van der Waals surface area contributed by atoms with Crippen molar-refractivity contribution in [2.24, 2.45) is 0 Å². The molecule has 1 N–H and O–H groups in total. The molecule has 0 heterocycles. The van der Waals surface area contributed by atoms with Gasteiger partial charge in [-0.25, -0.2) is 0 Å². The molecule has 0 aliphatic rings. The minimum absolute atomic E-state index is 0.0986. The van der Waals surface area contributed by atoms with E-state index in [4.69, 9.17) is 23.7 Å². The fourth-order valence-electron chi connectivity index (χ4n) is 3.66. The number of methoxy groups -OCH3 is 5. The fourth-order valence-corrected chi connectivity index (χ4v) is 3.66. The average molecular weight is 521 g/mol. The zero-order chi connectivity index (χ0) is 27.7. The number of ether oxygens (including phenoxy) is 5. The van der Waals surface area contributed by atoms with Gasteiger partial charge in [-0.05, 0) is 47.5 Å². The normalized spacial score (nSPS) is 10.9. The van der Waals surface area contributed by atoms with Gasteiger partial charge in [0.05, 0.1) is 46.2 Å². The Morgan fingerprint density at radius 3 is 1.97 bits per heavy atom. The smallest absolute Gasteiger partial charge is 0.310 e. The molecule has 0 spiro atoms. The van der Waals surface area contributed by atoms with Crippen LogP contribution >= 0.6 is 0 Å². The Bertz CT molecular complexity index is 1360. The molecule has 3 aromatic carbocycles. The number of nitro groups is 1. The van der Waals surface area contributed by atoms with Gasteiger partial charge < -0.3 is 29.0 Å². The van der Waals surface area contributed by atoms with Crippen molar-refractivity contribution < 1.29 is 33.4 Å². The summed E-state index contributed by atoms with van der Waals surface area (Å²) in [6.45, 7) is 0. The molecule has 0 aliphatic heterocycles. The van der Waals surface area contributed by atoms with Gasteiger partial charge in [0.15, 0.2) is 17.2 Å². The molecule has 0 saturated heterocycles. The lowest BCUT2D eigenvalue weighted by molar-refractivity contribution is -0.385. The number of rotatable bonds is 11. The number of nitro benzene ring substituents is 1. The zero-order valence-electron chi connectivity index (χ0n) is 21.6. The van der Waals surface area contributed by atoms with Gasteiger partial charge in [0.2, 0.25) is 11.7 Å². The highest BCUT2D eigenvalue weighted by atomic mass is 16.6. The molecule has 10 nitrogen and oxygen atoms in total. The van der Waals surface area contributed by atoms with E-state index < -0.39 is 10.8 Å². The maximum atomic E-state index is 12.8. The van der Waals surface area contributed by atoms with Crippen LogP contribution < -0.4 is 29.0 Å². The average Bonchev–Trinajstić information content (AvgIpc) is 2.94. The summed E-state index contributed by atoms with van der Waals surface area (Å²) in [5.74, 6) is 1.66. The number of carbonyl (C=O) groups is 1. The highest BCUT2D eigenvalue weighted by Gasteiger charge is 2.15. The molecular formula is C28H28N2O8. The summed E-state index contributed by atoms with van der Waals surface area (Å²) in [6, 6.07) is 13.3.